The third kappa shape index (κ3) is 3.14. The first-order chi connectivity index (χ1) is 8.70. The molecule has 0 radical (unpaired) electrons. The highest BCUT2D eigenvalue weighted by Crippen LogP contribution is 2.25. The van der Waals surface area contributed by atoms with Gasteiger partial charge in [0, 0.05) is 16.2 Å². The first-order valence-electron chi connectivity index (χ1n) is 6.30. The van der Waals surface area contributed by atoms with Crippen LogP contribution in [0.3, 0.4) is 0 Å². The Labute approximate surface area is 117 Å². The van der Waals surface area contributed by atoms with E-state index >= 15 is 0 Å². The normalized spacial score (nSPS) is 12.2. The highest BCUT2D eigenvalue weighted by atomic mass is 79.9. The molecule has 0 spiro atoms. The van der Waals surface area contributed by atoms with E-state index in [4.69, 9.17) is 0 Å². The van der Waals surface area contributed by atoms with Crippen molar-refractivity contribution in [1.82, 2.24) is 0 Å². The minimum absolute atomic E-state index is 0.317. The van der Waals surface area contributed by atoms with Crippen molar-refractivity contribution in [3.63, 3.8) is 0 Å². The molecule has 0 amide bonds. The Kier molecular flexibility index (Phi) is 4.43. The monoisotopic (exact) mass is 303 g/mol. The fourth-order valence-corrected chi connectivity index (χ4v) is 2.46. The second kappa shape index (κ2) is 6.05. The molecule has 2 aromatic carbocycles. The summed E-state index contributed by atoms with van der Waals surface area (Å²) in [6, 6.07) is 17.2. The van der Waals surface area contributed by atoms with E-state index in [0.717, 1.165) is 10.9 Å². The first-order valence-corrected chi connectivity index (χ1v) is 7.10. The fourth-order valence-electron chi connectivity index (χ4n) is 2.05. The summed E-state index contributed by atoms with van der Waals surface area (Å²) >= 11 is 3.52. The molecule has 0 aliphatic rings. The predicted octanol–water partition coefficient (Wildman–Crippen LogP) is 5.18. The van der Waals surface area contributed by atoms with Gasteiger partial charge in [-0.2, -0.15) is 0 Å². The molecule has 1 N–H and O–H groups in total. The molecule has 0 heterocycles. The number of benzene rings is 2. The van der Waals surface area contributed by atoms with Gasteiger partial charge in [-0.25, -0.2) is 0 Å². The highest BCUT2D eigenvalue weighted by molar-refractivity contribution is 9.10. The molecule has 18 heavy (non-hydrogen) atoms. The number of hydrogen-bond donors (Lipinski definition) is 1. The van der Waals surface area contributed by atoms with Crippen LogP contribution in [0.5, 0.6) is 0 Å². The molecule has 0 aliphatic heterocycles. The summed E-state index contributed by atoms with van der Waals surface area (Å²) in [7, 11) is 0. The maximum atomic E-state index is 3.58. The Morgan fingerprint density at radius 3 is 2.50 bits per heavy atom. The zero-order valence-electron chi connectivity index (χ0n) is 10.8. The molecule has 2 aromatic rings. The molecule has 94 valence electrons. The molecule has 2 heteroatoms. The molecule has 0 aliphatic carbocycles. The Morgan fingerprint density at radius 1 is 1.11 bits per heavy atom. The van der Waals surface area contributed by atoms with E-state index in [-0.39, 0.29) is 0 Å². The van der Waals surface area contributed by atoms with Crippen molar-refractivity contribution >= 4 is 21.6 Å². The molecule has 0 fully saturated rings. The van der Waals surface area contributed by atoms with E-state index in [9.17, 15) is 0 Å². The smallest absolute Gasteiger partial charge is 0.0485 e. The second-order valence-corrected chi connectivity index (χ2v) is 5.35. The number of rotatable bonds is 4. The molecular weight excluding hydrogens is 286 g/mol. The SMILES string of the molecule is CCc1cc(Br)ccc1NC(C)c1ccccc1. The quantitative estimate of drug-likeness (QED) is 0.820. The van der Waals surface area contributed by atoms with Crippen LogP contribution in [0.2, 0.25) is 0 Å². The molecular formula is C16H18BrN. The zero-order valence-corrected chi connectivity index (χ0v) is 12.4. The molecule has 1 unspecified atom stereocenters. The van der Waals surface area contributed by atoms with Crippen LogP contribution < -0.4 is 5.32 Å². The summed E-state index contributed by atoms with van der Waals surface area (Å²) in [5.74, 6) is 0. The summed E-state index contributed by atoms with van der Waals surface area (Å²) in [5.41, 5.74) is 3.87. The van der Waals surface area contributed by atoms with Crippen molar-refractivity contribution in [2.45, 2.75) is 26.3 Å². The maximum Gasteiger partial charge on any atom is 0.0485 e. The molecule has 1 atom stereocenters. The lowest BCUT2D eigenvalue weighted by molar-refractivity contribution is 0.879. The topological polar surface area (TPSA) is 12.0 Å². The van der Waals surface area contributed by atoms with Crippen LogP contribution in [0.4, 0.5) is 5.69 Å². The first kappa shape index (κ1) is 13.2. The van der Waals surface area contributed by atoms with Crippen molar-refractivity contribution in [1.29, 1.82) is 0 Å². The van der Waals surface area contributed by atoms with Gasteiger partial charge in [0.1, 0.15) is 0 Å². The van der Waals surface area contributed by atoms with E-state index in [2.05, 4.69) is 77.6 Å². The van der Waals surface area contributed by atoms with Crippen LogP contribution in [0.15, 0.2) is 53.0 Å². The minimum atomic E-state index is 0.317. The van der Waals surface area contributed by atoms with E-state index in [0.29, 0.717) is 6.04 Å². The molecule has 1 nitrogen and oxygen atoms in total. The predicted molar refractivity (Wildman–Crippen MR) is 82.0 cm³/mol. The lowest BCUT2D eigenvalue weighted by atomic mass is 10.1. The Morgan fingerprint density at radius 2 is 1.83 bits per heavy atom. The van der Waals surface area contributed by atoms with Gasteiger partial charge < -0.3 is 5.32 Å². The molecule has 2 rings (SSSR count). The number of nitrogens with one attached hydrogen (secondary N) is 1. The van der Waals surface area contributed by atoms with Gasteiger partial charge in [0.15, 0.2) is 0 Å². The lowest BCUT2D eigenvalue weighted by Crippen LogP contribution is -2.08. The Hall–Kier alpha value is -1.28. The standard InChI is InChI=1S/C16H18BrN/c1-3-13-11-15(17)9-10-16(13)18-12(2)14-7-5-4-6-8-14/h4-12,18H,3H2,1-2H3. The maximum absolute atomic E-state index is 3.58. The van der Waals surface area contributed by atoms with Gasteiger partial charge in [-0.1, -0.05) is 53.2 Å². The van der Waals surface area contributed by atoms with Crippen LogP contribution in [-0.2, 0) is 6.42 Å². The van der Waals surface area contributed by atoms with E-state index in [1.165, 1.54) is 16.8 Å². The molecule has 0 saturated carbocycles. The van der Waals surface area contributed by atoms with Crippen molar-refractivity contribution in [2.75, 3.05) is 5.32 Å². The number of anilines is 1. The van der Waals surface area contributed by atoms with Gasteiger partial charge in [0.2, 0.25) is 0 Å². The van der Waals surface area contributed by atoms with Crippen LogP contribution in [-0.4, -0.2) is 0 Å². The van der Waals surface area contributed by atoms with Crippen LogP contribution >= 0.6 is 15.9 Å². The average Bonchev–Trinajstić information content (AvgIpc) is 2.41. The van der Waals surface area contributed by atoms with E-state index < -0.39 is 0 Å². The van der Waals surface area contributed by atoms with E-state index in [1.807, 2.05) is 6.07 Å². The van der Waals surface area contributed by atoms with Gasteiger partial charge >= 0.3 is 0 Å². The number of halogens is 1. The van der Waals surface area contributed by atoms with Crippen molar-refractivity contribution in [3.8, 4) is 0 Å². The minimum Gasteiger partial charge on any atom is -0.378 e. The van der Waals surface area contributed by atoms with Crippen LogP contribution in [0.1, 0.15) is 31.0 Å². The van der Waals surface area contributed by atoms with Gasteiger partial charge in [0.05, 0.1) is 0 Å². The third-order valence-electron chi connectivity index (χ3n) is 3.12. The average molecular weight is 304 g/mol. The van der Waals surface area contributed by atoms with Crippen molar-refractivity contribution in [2.24, 2.45) is 0 Å². The fraction of sp³-hybridized carbons (Fsp3) is 0.250. The van der Waals surface area contributed by atoms with Gasteiger partial charge in [-0.3, -0.25) is 0 Å². The zero-order chi connectivity index (χ0) is 13.0. The Bertz CT molecular complexity index is 508. The van der Waals surface area contributed by atoms with Crippen LogP contribution in [0.25, 0.3) is 0 Å². The van der Waals surface area contributed by atoms with E-state index in [1.54, 1.807) is 0 Å². The highest BCUT2D eigenvalue weighted by Gasteiger charge is 2.07. The van der Waals surface area contributed by atoms with Crippen molar-refractivity contribution in [3.05, 3.63) is 64.1 Å². The lowest BCUT2D eigenvalue weighted by Gasteiger charge is -2.18. The Balaban J connectivity index is 2.19. The summed E-state index contributed by atoms with van der Waals surface area (Å²) in [6.45, 7) is 4.37. The summed E-state index contributed by atoms with van der Waals surface area (Å²) in [6.07, 6.45) is 1.03. The molecule has 0 saturated heterocycles. The van der Waals surface area contributed by atoms with Gasteiger partial charge in [-0.15, -0.1) is 0 Å². The van der Waals surface area contributed by atoms with Gasteiger partial charge in [-0.05, 0) is 42.7 Å². The molecule has 0 bridgehead atoms. The summed E-state index contributed by atoms with van der Waals surface area (Å²) < 4.78 is 1.14. The third-order valence-corrected chi connectivity index (χ3v) is 3.61. The summed E-state index contributed by atoms with van der Waals surface area (Å²) in [5, 5.41) is 3.58. The summed E-state index contributed by atoms with van der Waals surface area (Å²) in [4.78, 5) is 0. The second-order valence-electron chi connectivity index (χ2n) is 4.43. The largest absolute Gasteiger partial charge is 0.378 e. The van der Waals surface area contributed by atoms with Crippen LogP contribution in [0, 0.1) is 0 Å². The number of aryl methyl sites for hydroxylation is 1. The molecule has 0 aromatic heterocycles. The van der Waals surface area contributed by atoms with Gasteiger partial charge in [0.25, 0.3) is 0 Å². The number of hydrogen-bond acceptors (Lipinski definition) is 1. The van der Waals surface area contributed by atoms with Crippen molar-refractivity contribution < 1.29 is 0 Å².